The molecule has 18 heavy (non-hydrogen) atoms. The Morgan fingerprint density at radius 2 is 2.06 bits per heavy atom. The fourth-order valence-corrected chi connectivity index (χ4v) is 1.90. The van der Waals surface area contributed by atoms with Gasteiger partial charge in [-0.05, 0) is 12.5 Å². The van der Waals surface area contributed by atoms with Crippen LogP contribution in [0.15, 0.2) is 30.3 Å². The maximum Gasteiger partial charge on any atom is 0.315 e. The first-order valence-electron chi connectivity index (χ1n) is 5.49. The van der Waals surface area contributed by atoms with Gasteiger partial charge < -0.3 is 5.11 Å². The second-order valence-corrected chi connectivity index (χ2v) is 3.94. The van der Waals surface area contributed by atoms with E-state index in [2.05, 4.69) is 5.10 Å². The molecule has 0 radical (unpaired) electrons. The van der Waals surface area contributed by atoms with Gasteiger partial charge >= 0.3 is 5.69 Å². The van der Waals surface area contributed by atoms with E-state index in [9.17, 15) is 15.2 Å². The Labute approximate surface area is 104 Å². The van der Waals surface area contributed by atoms with E-state index >= 15 is 0 Å². The maximum atomic E-state index is 10.9. The van der Waals surface area contributed by atoms with Crippen molar-refractivity contribution in [2.24, 2.45) is 0 Å². The van der Waals surface area contributed by atoms with Crippen LogP contribution in [0.25, 0.3) is 0 Å². The molecule has 2 aromatic rings. The molecule has 1 heterocycles. The van der Waals surface area contributed by atoms with Crippen LogP contribution >= 0.6 is 0 Å². The van der Waals surface area contributed by atoms with Gasteiger partial charge in [0.15, 0.2) is 0 Å². The SMILES string of the molecule is Cc1nn(Cc2ccccc2)c(CO)c1[N+](=O)[O-]. The molecule has 2 rings (SSSR count). The number of rotatable bonds is 4. The lowest BCUT2D eigenvalue weighted by molar-refractivity contribution is -0.386. The highest BCUT2D eigenvalue weighted by Gasteiger charge is 2.24. The highest BCUT2D eigenvalue weighted by Crippen LogP contribution is 2.23. The molecule has 0 bridgehead atoms. The van der Waals surface area contributed by atoms with Gasteiger partial charge in [-0.3, -0.25) is 14.8 Å². The second-order valence-electron chi connectivity index (χ2n) is 3.94. The van der Waals surface area contributed by atoms with Crippen molar-refractivity contribution >= 4 is 5.69 Å². The Bertz CT molecular complexity index is 563. The van der Waals surface area contributed by atoms with Gasteiger partial charge in [-0.2, -0.15) is 5.10 Å². The summed E-state index contributed by atoms with van der Waals surface area (Å²) in [4.78, 5) is 10.4. The van der Waals surface area contributed by atoms with E-state index in [-0.39, 0.29) is 11.4 Å². The number of nitro groups is 1. The molecule has 0 fully saturated rings. The number of hydrogen-bond donors (Lipinski definition) is 1. The zero-order chi connectivity index (χ0) is 13.1. The lowest BCUT2D eigenvalue weighted by Crippen LogP contribution is -2.07. The van der Waals surface area contributed by atoms with E-state index in [0.29, 0.717) is 12.2 Å². The van der Waals surface area contributed by atoms with Crippen LogP contribution in [-0.2, 0) is 13.2 Å². The highest BCUT2D eigenvalue weighted by molar-refractivity contribution is 5.40. The van der Waals surface area contributed by atoms with E-state index in [0.717, 1.165) is 5.56 Å². The average Bonchev–Trinajstić information content (AvgIpc) is 2.66. The molecule has 1 aromatic heterocycles. The molecule has 6 nitrogen and oxygen atoms in total. The summed E-state index contributed by atoms with van der Waals surface area (Å²) in [6.45, 7) is 1.58. The Morgan fingerprint density at radius 3 is 2.61 bits per heavy atom. The summed E-state index contributed by atoms with van der Waals surface area (Å²) in [5, 5.41) is 24.3. The fraction of sp³-hybridized carbons (Fsp3) is 0.250. The third-order valence-electron chi connectivity index (χ3n) is 2.71. The number of hydrogen-bond acceptors (Lipinski definition) is 4. The van der Waals surface area contributed by atoms with Crippen molar-refractivity contribution in [1.82, 2.24) is 9.78 Å². The molecule has 6 heteroatoms. The summed E-state index contributed by atoms with van der Waals surface area (Å²) in [5.41, 5.74) is 1.43. The number of aliphatic hydroxyl groups is 1. The van der Waals surface area contributed by atoms with Gasteiger partial charge in [0.2, 0.25) is 0 Å². The van der Waals surface area contributed by atoms with Crippen LogP contribution in [0.5, 0.6) is 0 Å². The molecule has 0 unspecified atom stereocenters. The first-order valence-corrected chi connectivity index (χ1v) is 5.49. The van der Waals surface area contributed by atoms with Gasteiger partial charge in [0.25, 0.3) is 0 Å². The Hall–Kier alpha value is -2.21. The molecular weight excluding hydrogens is 234 g/mol. The quantitative estimate of drug-likeness (QED) is 0.657. The zero-order valence-electron chi connectivity index (χ0n) is 9.91. The summed E-state index contributed by atoms with van der Waals surface area (Å²) in [5.74, 6) is 0. The molecule has 0 saturated heterocycles. The molecule has 0 amide bonds. The van der Waals surface area contributed by atoms with Gasteiger partial charge in [0.1, 0.15) is 11.4 Å². The molecule has 0 atom stereocenters. The molecule has 94 valence electrons. The first-order chi connectivity index (χ1) is 8.63. The van der Waals surface area contributed by atoms with E-state index < -0.39 is 11.5 Å². The maximum absolute atomic E-state index is 10.9. The molecule has 0 saturated carbocycles. The van der Waals surface area contributed by atoms with Crippen LogP contribution in [0.4, 0.5) is 5.69 Å². The summed E-state index contributed by atoms with van der Waals surface area (Å²) >= 11 is 0. The summed E-state index contributed by atoms with van der Waals surface area (Å²) in [6, 6.07) is 9.48. The van der Waals surface area contributed by atoms with Crippen molar-refractivity contribution in [2.75, 3.05) is 0 Å². The van der Waals surface area contributed by atoms with Crippen molar-refractivity contribution in [3.63, 3.8) is 0 Å². The van der Waals surface area contributed by atoms with Crippen LogP contribution in [-0.4, -0.2) is 19.8 Å². The Balaban J connectivity index is 2.40. The number of aliphatic hydroxyl groups excluding tert-OH is 1. The Kier molecular flexibility index (Phi) is 3.38. The molecule has 0 spiro atoms. The van der Waals surface area contributed by atoms with E-state index in [4.69, 9.17) is 0 Å². The summed E-state index contributed by atoms with van der Waals surface area (Å²) < 4.78 is 1.48. The van der Waals surface area contributed by atoms with E-state index in [1.54, 1.807) is 6.92 Å². The largest absolute Gasteiger partial charge is 0.390 e. The lowest BCUT2D eigenvalue weighted by Gasteiger charge is -2.04. The van der Waals surface area contributed by atoms with Crippen molar-refractivity contribution in [3.8, 4) is 0 Å². The van der Waals surface area contributed by atoms with E-state index in [1.807, 2.05) is 30.3 Å². The van der Waals surface area contributed by atoms with Gasteiger partial charge in [-0.25, -0.2) is 0 Å². The molecule has 0 aliphatic carbocycles. The summed E-state index contributed by atoms with van der Waals surface area (Å²) in [7, 11) is 0. The highest BCUT2D eigenvalue weighted by atomic mass is 16.6. The number of benzene rings is 1. The van der Waals surface area contributed by atoms with Gasteiger partial charge in [0, 0.05) is 0 Å². The molecule has 0 aliphatic rings. The molecule has 0 aliphatic heterocycles. The first kappa shape index (κ1) is 12.3. The lowest BCUT2D eigenvalue weighted by atomic mass is 10.2. The van der Waals surface area contributed by atoms with Crippen LogP contribution in [0, 0.1) is 17.0 Å². The second kappa shape index (κ2) is 4.97. The third kappa shape index (κ3) is 2.23. The van der Waals surface area contributed by atoms with Crippen LogP contribution in [0.2, 0.25) is 0 Å². The molecule has 1 N–H and O–H groups in total. The summed E-state index contributed by atoms with van der Waals surface area (Å²) in [6.07, 6.45) is 0. The molecular formula is C12H13N3O3. The van der Waals surface area contributed by atoms with Gasteiger partial charge in [-0.1, -0.05) is 30.3 Å². The number of nitrogens with zero attached hydrogens (tertiary/aromatic N) is 3. The van der Waals surface area contributed by atoms with Crippen molar-refractivity contribution in [2.45, 2.75) is 20.1 Å². The standard InChI is InChI=1S/C12H13N3O3/c1-9-12(15(17)18)11(8-16)14(13-9)7-10-5-3-2-4-6-10/h2-6,16H,7-8H2,1H3. The van der Waals surface area contributed by atoms with Crippen LogP contribution in [0.3, 0.4) is 0 Å². The van der Waals surface area contributed by atoms with Crippen molar-refractivity contribution < 1.29 is 10.0 Å². The normalized spacial score (nSPS) is 10.6. The minimum Gasteiger partial charge on any atom is -0.390 e. The monoisotopic (exact) mass is 247 g/mol. The number of aromatic nitrogens is 2. The van der Waals surface area contributed by atoms with Crippen LogP contribution in [0.1, 0.15) is 17.0 Å². The van der Waals surface area contributed by atoms with Gasteiger partial charge in [0.05, 0.1) is 18.1 Å². The average molecular weight is 247 g/mol. The third-order valence-corrected chi connectivity index (χ3v) is 2.71. The topological polar surface area (TPSA) is 81.2 Å². The van der Waals surface area contributed by atoms with Crippen molar-refractivity contribution in [1.29, 1.82) is 0 Å². The minimum absolute atomic E-state index is 0.103. The molecule has 1 aromatic carbocycles. The number of aryl methyl sites for hydroxylation is 1. The minimum atomic E-state index is -0.505. The predicted molar refractivity (Wildman–Crippen MR) is 65.1 cm³/mol. The fourth-order valence-electron chi connectivity index (χ4n) is 1.90. The smallest absolute Gasteiger partial charge is 0.315 e. The zero-order valence-corrected chi connectivity index (χ0v) is 9.91. The Morgan fingerprint density at radius 1 is 1.39 bits per heavy atom. The van der Waals surface area contributed by atoms with Gasteiger partial charge in [-0.15, -0.1) is 0 Å². The van der Waals surface area contributed by atoms with Crippen molar-refractivity contribution in [3.05, 3.63) is 57.4 Å². The van der Waals surface area contributed by atoms with E-state index in [1.165, 1.54) is 4.68 Å². The predicted octanol–water partition coefficient (Wildman–Crippen LogP) is 1.64. The van der Waals surface area contributed by atoms with Crippen LogP contribution < -0.4 is 0 Å².